The number of benzene rings is 1. The van der Waals surface area contributed by atoms with Crippen LogP contribution in [0.2, 0.25) is 0 Å². The summed E-state index contributed by atoms with van der Waals surface area (Å²) in [4.78, 5) is 20.8. The lowest BCUT2D eigenvalue weighted by molar-refractivity contribution is -0.0526. The van der Waals surface area contributed by atoms with E-state index in [9.17, 15) is 26.7 Å². The van der Waals surface area contributed by atoms with E-state index in [0.29, 0.717) is 13.1 Å². The van der Waals surface area contributed by atoms with Gasteiger partial charge in [0.25, 0.3) is 5.91 Å². The predicted octanol–water partition coefficient (Wildman–Crippen LogP) is 2.24. The predicted molar refractivity (Wildman–Crippen MR) is 148 cm³/mol. The molecule has 5 heterocycles. The lowest BCUT2D eigenvalue weighted by atomic mass is 10.1. The minimum atomic E-state index is -3.27. The van der Waals surface area contributed by atoms with Gasteiger partial charge in [0.1, 0.15) is 35.5 Å². The van der Waals surface area contributed by atoms with Crippen LogP contribution in [0.25, 0.3) is 16.9 Å². The van der Waals surface area contributed by atoms with E-state index >= 15 is 0 Å². The third-order valence-corrected chi connectivity index (χ3v) is 6.93. The molecular weight excluding hydrogens is 623 g/mol. The molecule has 6 rings (SSSR count). The Morgan fingerprint density at radius 1 is 1.11 bits per heavy atom. The van der Waals surface area contributed by atoms with E-state index in [1.54, 1.807) is 12.3 Å². The zero-order valence-electron chi connectivity index (χ0n) is 23.6. The second kappa shape index (κ2) is 13.0. The Morgan fingerprint density at radius 3 is 2.67 bits per heavy atom. The third-order valence-electron chi connectivity index (χ3n) is 6.93. The average Bonchev–Trinajstić information content (AvgIpc) is 3.74. The van der Waals surface area contributed by atoms with Crippen molar-refractivity contribution in [3.8, 4) is 22.8 Å². The van der Waals surface area contributed by atoms with Crippen molar-refractivity contribution in [2.45, 2.75) is 32.0 Å². The molecule has 242 valence electrons. The largest absolute Gasteiger partial charge is 0.435 e. The summed E-state index contributed by atoms with van der Waals surface area (Å²) in [6.45, 7) is -5.43. The smallest absolute Gasteiger partial charge is 0.387 e. The number of amides is 1. The second-order valence-electron chi connectivity index (χ2n) is 10.1. The number of hydrogen-bond donors (Lipinski definition) is 2. The molecule has 1 atom stereocenters. The van der Waals surface area contributed by atoms with Crippen LogP contribution in [0, 0.1) is 0 Å². The average molecular weight is 649 g/mol. The molecule has 0 spiro atoms. The number of nitrogens with one attached hydrogen (secondary N) is 1. The molecule has 46 heavy (non-hydrogen) atoms. The molecule has 5 aromatic rings. The van der Waals surface area contributed by atoms with E-state index in [1.807, 2.05) is 4.90 Å². The van der Waals surface area contributed by atoms with Gasteiger partial charge in [0.2, 0.25) is 0 Å². The summed E-state index contributed by atoms with van der Waals surface area (Å²) in [6.07, 6.45) is 4.59. The summed E-state index contributed by atoms with van der Waals surface area (Å²) >= 11 is 0. The molecule has 20 heteroatoms. The Bertz CT molecular complexity index is 1820. The molecule has 15 nitrogen and oxygen atoms in total. The van der Waals surface area contributed by atoms with Crippen molar-refractivity contribution in [2.24, 2.45) is 5.73 Å². The number of tetrazole rings is 1. The number of anilines is 1. The van der Waals surface area contributed by atoms with Crippen LogP contribution < -0.4 is 20.5 Å². The first kappa shape index (κ1) is 30.8. The molecule has 0 saturated carbocycles. The highest BCUT2D eigenvalue weighted by Crippen LogP contribution is 2.38. The Hall–Kier alpha value is -5.24. The normalized spacial score (nSPS) is 14.6. The molecular formula is C26H25F5N12O3. The SMILES string of the molecule is NCC(F)CN1CC(n2nnc(Cn3cc(NC(=O)c4cnn5cccnc45)c(-c4cc(OC(F)F)ccc4OC(F)F)n3)n2)C1. The van der Waals surface area contributed by atoms with Gasteiger partial charge in [-0.25, -0.2) is 13.9 Å². The Balaban J connectivity index is 1.31. The zero-order chi connectivity index (χ0) is 32.4. The van der Waals surface area contributed by atoms with Crippen molar-refractivity contribution in [3.05, 3.63) is 60.4 Å². The zero-order valence-corrected chi connectivity index (χ0v) is 23.6. The third kappa shape index (κ3) is 6.71. The van der Waals surface area contributed by atoms with Crippen LogP contribution in [0.1, 0.15) is 22.2 Å². The van der Waals surface area contributed by atoms with Gasteiger partial charge in [0.15, 0.2) is 11.5 Å². The standard InChI is InChI=1S/C26H25F5N12O3/c27-14(7-32)9-40-10-15(11-40)43-37-21(36-39-43)13-41-12-19(35-24(44)18-8-34-42-5-1-4-33-23(18)42)22(38-41)17-6-16(45-25(28)29)2-3-20(17)46-26(30)31/h1-6,8,12,14-15,25-26H,7,9-11,13,32H2,(H,35,44). The topological polar surface area (TPSA) is 168 Å². The maximum atomic E-state index is 13.6. The molecule has 0 radical (unpaired) electrons. The molecule has 0 bridgehead atoms. The lowest BCUT2D eigenvalue weighted by Gasteiger charge is -2.38. The summed E-state index contributed by atoms with van der Waals surface area (Å²) in [5.74, 6) is -1.25. The first-order valence-corrected chi connectivity index (χ1v) is 13.7. The van der Waals surface area contributed by atoms with E-state index in [4.69, 9.17) is 5.73 Å². The van der Waals surface area contributed by atoms with Gasteiger partial charge in [-0.1, -0.05) is 0 Å². The van der Waals surface area contributed by atoms with Crippen molar-refractivity contribution >= 4 is 17.2 Å². The highest BCUT2D eigenvalue weighted by Gasteiger charge is 2.32. The molecule has 1 saturated heterocycles. The Labute approximate surface area is 255 Å². The van der Waals surface area contributed by atoms with Crippen LogP contribution in [0.4, 0.5) is 27.6 Å². The number of aromatic nitrogens is 9. The van der Waals surface area contributed by atoms with Crippen LogP contribution in [-0.4, -0.2) is 101 Å². The maximum Gasteiger partial charge on any atom is 0.387 e. The van der Waals surface area contributed by atoms with Gasteiger partial charge in [0.05, 0.1) is 23.5 Å². The summed E-state index contributed by atoms with van der Waals surface area (Å²) in [5.41, 5.74) is 5.37. The highest BCUT2D eigenvalue weighted by molar-refractivity contribution is 6.09. The molecule has 1 unspecified atom stereocenters. The van der Waals surface area contributed by atoms with E-state index in [2.05, 4.69) is 45.4 Å². The molecule has 1 aromatic carbocycles. The summed E-state index contributed by atoms with van der Waals surface area (Å²) in [7, 11) is 0. The molecule has 0 aliphatic carbocycles. The fourth-order valence-corrected chi connectivity index (χ4v) is 4.85. The van der Waals surface area contributed by atoms with E-state index in [-0.39, 0.29) is 65.4 Å². The number of nitrogens with zero attached hydrogens (tertiary/aromatic N) is 10. The van der Waals surface area contributed by atoms with Crippen molar-refractivity contribution in [1.82, 2.24) is 49.5 Å². The van der Waals surface area contributed by atoms with Crippen LogP contribution >= 0.6 is 0 Å². The number of halogens is 5. The van der Waals surface area contributed by atoms with Crippen molar-refractivity contribution in [2.75, 3.05) is 31.5 Å². The number of rotatable bonds is 13. The first-order valence-electron chi connectivity index (χ1n) is 13.7. The van der Waals surface area contributed by atoms with Crippen LogP contribution in [0.15, 0.2) is 49.1 Å². The van der Waals surface area contributed by atoms with Crippen LogP contribution in [0.5, 0.6) is 11.5 Å². The van der Waals surface area contributed by atoms with Gasteiger partial charge in [-0.3, -0.25) is 14.4 Å². The summed E-state index contributed by atoms with van der Waals surface area (Å²) in [5, 5.41) is 23.6. The van der Waals surface area contributed by atoms with Crippen molar-refractivity contribution in [1.29, 1.82) is 0 Å². The lowest BCUT2D eigenvalue weighted by Crippen LogP contribution is -2.51. The molecule has 3 N–H and O–H groups in total. The van der Waals surface area contributed by atoms with E-state index in [0.717, 1.165) is 18.2 Å². The fraction of sp³-hybridized carbons (Fsp3) is 0.346. The number of ether oxygens (including phenoxy) is 2. The number of carbonyl (C=O) groups is 1. The quantitative estimate of drug-likeness (QED) is 0.180. The monoisotopic (exact) mass is 648 g/mol. The molecule has 1 amide bonds. The highest BCUT2D eigenvalue weighted by atomic mass is 19.3. The summed E-state index contributed by atoms with van der Waals surface area (Å²) in [6, 6.07) is 4.57. The van der Waals surface area contributed by atoms with Crippen molar-refractivity contribution < 1.29 is 36.2 Å². The Kier molecular flexibility index (Phi) is 8.70. The van der Waals surface area contributed by atoms with Gasteiger partial charge < -0.3 is 20.5 Å². The maximum absolute atomic E-state index is 13.6. The summed E-state index contributed by atoms with van der Waals surface area (Å²) < 4.78 is 78.1. The van der Waals surface area contributed by atoms with E-state index in [1.165, 1.54) is 32.6 Å². The van der Waals surface area contributed by atoms with Gasteiger partial charge in [-0.2, -0.15) is 32.6 Å². The number of alkyl halides is 5. The van der Waals surface area contributed by atoms with Crippen molar-refractivity contribution in [3.63, 3.8) is 0 Å². The number of carbonyl (C=O) groups excluding carboxylic acids is 1. The van der Waals surface area contributed by atoms with Crippen LogP contribution in [0.3, 0.4) is 0 Å². The molecule has 1 aliphatic heterocycles. The van der Waals surface area contributed by atoms with Gasteiger partial charge in [0, 0.05) is 44.8 Å². The Morgan fingerprint density at radius 2 is 1.91 bits per heavy atom. The molecule has 1 aliphatic rings. The first-order chi connectivity index (χ1) is 22.2. The number of hydrogen-bond acceptors (Lipinski definition) is 11. The molecule has 4 aromatic heterocycles. The van der Waals surface area contributed by atoms with Gasteiger partial charge in [-0.15, -0.1) is 10.2 Å². The molecule has 1 fully saturated rings. The van der Waals surface area contributed by atoms with Gasteiger partial charge >= 0.3 is 13.2 Å². The van der Waals surface area contributed by atoms with Crippen LogP contribution in [-0.2, 0) is 6.54 Å². The number of fused-ring (bicyclic) bond motifs is 1. The number of likely N-dealkylation sites (tertiary alicyclic amines) is 1. The fourth-order valence-electron chi connectivity index (χ4n) is 4.85. The minimum Gasteiger partial charge on any atom is -0.435 e. The van der Waals surface area contributed by atoms with E-state index < -0.39 is 31.1 Å². The number of nitrogens with two attached hydrogens (primary N) is 1. The van der Waals surface area contributed by atoms with Gasteiger partial charge in [-0.05, 0) is 29.5 Å². The second-order valence-corrected chi connectivity index (χ2v) is 10.1. The minimum absolute atomic E-state index is 0.00342.